The number of aliphatic hydroxyl groups excluding tert-OH is 1. The number of aliphatic hydroxyl groups is 1. The van der Waals surface area contributed by atoms with E-state index >= 15 is 0 Å². The second-order valence-electron chi connectivity index (χ2n) is 7.59. The number of benzene rings is 1. The zero-order chi connectivity index (χ0) is 15.2. The van der Waals surface area contributed by atoms with E-state index in [0.29, 0.717) is 0 Å². The average Bonchev–Trinajstić information content (AvgIpc) is 3.04. The van der Waals surface area contributed by atoms with E-state index in [1.165, 1.54) is 48.6 Å². The maximum Gasteiger partial charge on any atom is 0.0864 e. The lowest BCUT2D eigenvalue weighted by atomic mass is 9.69. The van der Waals surface area contributed by atoms with Crippen LogP contribution in [0.15, 0.2) is 12.3 Å². The predicted octanol–water partition coefficient (Wildman–Crippen LogP) is 4.45. The summed E-state index contributed by atoms with van der Waals surface area (Å²) in [4.78, 5) is 0. The first kappa shape index (κ1) is 14.3. The van der Waals surface area contributed by atoms with E-state index in [0.717, 1.165) is 36.8 Å². The molecule has 1 saturated carbocycles. The molecule has 0 bridgehead atoms. The van der Waals surface area contributed by atoms with E-state index in [9.17, 15) is 5.11 Å². The Morgan fingerprint density at radius 1 is 1.14 bits per heavy atom. The fourth-order valence-corrected chi connectivity index (χ4v) is 4.61. The molecule has 0 amide bonds. The highest BCUT2D eigenvalue weighted by Gasteiger charge is 2.37. The van der Waals surface area contributed by atoms with Crippen LogP contribution >= 0.6 is 0 Å². The van der Waals surface area contributed by atoms with Crippen LogP contribution in [0.1, 0.15) is 74.7 Å². The van der Waals surface area contributed by atoms with Crippen LogP contribution in [0.2, 0.25) is 0 Å². The van der Waals surface area contributed by atoms with Gasteiger partial charge in [0.2, 0.25) is 0 Å². The van der Waals surface area contributed by atoms with Gasteiger partial charge in [-0.15, -0.1) is 0 Å². The fraction of sp³-hybridized carbons (Fsp3) is 0.632. The van der Waals surface area contributed by atoms with Gasteiger partial charge in [-0.05, 0) is 55.1 Å². The van der Waals surface area contributed by atoms with E-state index in [-0.39, 0.29) is 11.5 Å². The zero-order valence-electron chi connectivity index (χ0n) is 13.5. The number of aromatic nitrogens is 2. The standard InChI is InChI=1S/C19H26N2O/c1-19(9-5-2-6-10-19)18(22)15-11-13-7-3-4-8-14(13)16-12-20-21-17(15)16/h11-12,18,22H,2-10H2,1H3,(H,20,21). The summed E-state index contributed by atoms with van der Waals surface area (Å²) in [6.07, 6.45) is 12.5. The van der Waals surface area contributed by atoms with Crippen LogP contribution in [0.25, 0.3) is 10.9 Å². The third kappa shape index (κ3) is 2.18. The lowest BCUT2D eigenvalue weighted by Gasteiger charge is -2.38. The number of nitrogens with one attached hydrogen (secondary N) is 1. The van der Waals surface area contributed by atoms with Gasteiger partial charge in [-0.3, -0.25) is 5.10 Å². The van der Waals surface area contributed by atoms with Crippen LogP contribution in [0.4, 0.5) is 0 Å². The molecule has 4 rings (SSSR count). The highest BCUT2D eigenvalue weighted by Crippen LogP contribution is 2.47. The molecule has 118 valence electrons. The minimum absolute atomic E-state index is 0.0131. The first-order valence-electron chi connectivity index (χ1n) is 8.85. The van der Waals surface area contributed by atoms with E-state index < -0.39 is 0 Å². The molecule has 3 heteroatoms. The summed E-state index contributed by atoms with van der Waals surface area (Å²) in [5, 5.41) is 19.9. The zero-order valence-corrected chi connectivity index (χ0v) is 13.5. The Morgan fingerprint density at radius 3 is 2.73 bits per heavy atom. The van der Waals surface area contributed by atoms with Crippen molar-refractivity contribution in [2.24, 2.45) is 5.41 Å². The molecule has 22 heavy (non-hydrogen) atoms. The van der Waals surface area contributed by atoms with Crippen LogP contribution in [-0.2, 0) is 12.8 Å². The van der Waals surface area contributed by atoms with Gasteiger partial charge < -0.3 is 5.11 Å². The Balaban J connectivity index is 1.82. The molecule has 0 spiro atoms. The molecule has 2 aliphatic rings. The molecule has 0 aliphatic heterocycles. The Bertz CT molecular complexity index is 682. The van der Waals surface area contributed by atoms with Crippen molar-refractivity contribution in [3.8, 4) is 0 Å². The molecular formula is C19H26N2O. The van der Waals surface area contributed by atoms with Gasteiger partial charge in [0.05, 0.1) is 17.8 Å². The normalized spacial score (nSPS) is 22.5. The number of fused-ring (bicyclic) bond motifs is 3. The van der Waals surface area contributed by atoms with Crippen molar-refractivity contribution < 1.29 is 5.11 Å². The number of nitrogens with zero attached hydrogens (tertiary/aromatic N) is 1. The highest BCUT2D eigenvalue weighted by molar-refractivity contribution is 5.86. The van der Waals surface area contributed by atoms with Crippen LogP contribution in [0.3, 0.4) is 0 Å². The molecule has 0 saturated heterocycles. The second-order valence-corrected chi connectivity index (χ2v) is 7.59. The van der Waals surface area contributed by atoms with Gasteiger partial charge in [-0.1, -0.05) is 32.3 Å². The van der Waals surface area contributed by atoms with Gasteiger partial charge in [0, 0.05) is 10.9 Å². The highest BCUT2D eigenvalue weighted by atomic mass is 16.3. The number of hydrogen-bond acceptors (Lipinski definition) is 2. The summed E-state index contributed by atoms with van der Waals surface area (Å²) in [5.41, 5.74) is 5.06. The summed E-state index contributed by atoms with van der Waals surface area (Å²) < 4.78 is 0. The Labute approximate surface area is 132 Å². The summed E-state index contributed by atoms with van der Waals surface area (Å²) in [5.74, 6) is 0. The average molecular weight is 298 g/mol. The number of hydrogen-bond donors (Lipinski definition) is 2. The molecule has 1 aromatic heterocycles. The molecule has 1 aromatic carbocycles. The summed E-state index contributed by atoms with van der Waals surface area (Å²) in [6.45, 7) is 2.26. The van der Waals surface area contributed by atoms with E-state index in [1.54, 1.807) is 0 Å². The predicted molar refractivity (Wildman–Crippen MR) is 88.9 cm³/mol. The first-order chi connectivity index (χ1) is 10.7. The third-order valence-corrected chi connectivity index (χ3v) is 6.04. The number of aromatic amines is 1. The molecule has 1 fully saturated rings. The van der Waals surface area contributed by atoms with E-state index in [1.807, 2.05) is 6.20 Å². The smallest absolute Gasteiger partial charge is 0.0864 e. The number of rotatable bonds is 2. The topological polar surface area (TPSA) is 48.9 Å². The molecular weight excluding hydrogens is 272 g/mol. The molecule has 2 aliphatic carbocycles. The van der Waals surface area contributed by atoms with Crippen LogP contribution < -0.4 is 0 Å². The molecule has 2 N–H and O–H groups in total. The number of H-pyrrole nitrogens is 1. The third-order valence-electron chi connectivity index (χ3n) is 6.04. The Kier molecular flexibility index (Phi) is 3.48. The lowest BCUT2D eigenvalue weighted by molar-refractivity contribution is 0.00901. The molecule has 1 unspecified atom stereocenters. The fourth-order valence-electron chi connectivity index (χ4n) is 4.61. The van der Waals surface area contributed by atoms with Gasteiger partial charge >= 0.3 is 0 Å². The quantitative estimate of drug-likeness (QED) is 0.860. The summed E-state index contributed by atoms with van der Waals surface area (Å²) in [6, 6.07) is 2.28. The van der Waals surface area contributed by atoms with E-state index in [4.69, 9.17) is 0 Å². The van der Waals surface area contributed by atoms with Crippen LogP contribution in [0.5, 0.6) is 0 Å². The summed E-state index contributed by atoms with van der Waals surface area (Å²) in [7, 11) is 0. The SMILES string of the molecule is CC1(C(O)c2cc3c(c4cn[nH]c24)CCCC3)CCCCC1. The molecule has 3 nitrogen and oxygen atoms in total. The minimum Gasteiger partial charge on any atom is -0.388 e. The molecule has 2 aromatic rings. The lowest BCUT2D eigenvalue weighted by Crippen LogP contribution is -2.28. The number of aryl methyl sites for hydroxylation is 2. The van der Waals surface area contributed by atoms with Crippen molar-refractivity contribution in [1.82, 2.24) is 10.2 Å². The maximum atomic E-state index is 11.2. The van der Waals surface area contributed by atoms with E-state index in [2.05, 4.69) is 23.2 Å². The Hall–Kier alpha value is -1.35. The van der Waals surface area contributed by atoms with Crippen molar-refractivity contribution in [2.75, 3.05) is 0 Å². The first-order valence-corrected chi connectivity index (χ1v) is 8.85. The molecule has 0 radical (unpaired) electrons. The minimum atomic E-state index is -0.386. The molecule has 1 heterocycles. The van der Waals surface area contributed by atoms with Crippen LogP contribution in [0, 0.1) is 5.41 Å². The second kappa shape index (κ2) is 5.38. The van der Waals surface area contributed by atoms with Crippen molar-refractivity contribution in [3.05, 3.63) is 29.0 Å². The van der Waals surface area contributed by atoms with Gasteiger partial charge in [0.15, 0.2) is 0 Å². The maximum absolute atomic E-state index is 11.2. The molecule has 1 atom stereocenters. The van der Waals surface area contributed by atoms with Crippen molar-refractivity contribution >= 4 is 10.9 Å². The Morgan fingerprint density at radius 2 is 1.91 bits per heavy atom. The summed E-state index contributed by atoms with van der Waals surface area (Å²) >= 11 is 0. The van der Waals surface area contributed by atoms with Crippen molar-refractivity contribution in [3.63, 3.8) is 0 Å². The van der Waals surface area contributed by atoms with Gasteiger partial charge in [0.1, 0.15) is 0 Å². The monoisotopic (exact) mass is 298 g/mol. The van der Waals surface area contributed by atoms with Crippen LogP contribution in [-0.4, -0.2) is 15.3 Å². The largest absolute Gasteiger partial charge is 0.388 e. The van der Waals surface area contributed by atoms with Gasteiger partial charge in [-0.25, -0.2) is 0 Å². The van der Waals surface area contributed by atoms with Crippen molar-refractivity contribution in [2.45, 2.75) is 70.8 Å². The van der Waals surface area contributed by atoms with Crippen molar-refractivity contribution in [1.29, 1.82) is 0 Å². The van der Waals surface area contributed by atoms with Gasteiger partial charge in [-0.2, -0.15) is 5.10 Å². The van der Waals surface area contributed by atoms with Gasteiger partial charge in [0.25, 0.3) is 0 Å².